The summed E-state index contributed by atoms with van der Waals surface area (Å²) in [6.45, 7) is 8.59. The van der Waals surface area contributed by atoms with Crippen molar-refractivity contribution >= 4 is 0 Å². The first-order valence-electron chi connectivity index (χ1n) is 9.60. The van der Waals surface area contributed by atoms with Crippen LogP contribution in [0.25, 0.3) is 0 Å². The Hall–Kier alpha value is 0. The molecule has 0 fully saturated rings. The van der Waals surface area contributed by atoms with Crippen LogP contribution in [0, 0.1) is 12.8 Å². The molecule has 121 valence electrons. The summed E-state index contributed by atoms with van der Waals surface area (Å²) < 4.78 is 0. The minimum absolute atomic E-state index is 0.948. The lowest BCUT2D eigenvalue weighted by Gasteiger charge is -2.07. The molecular formula is C20H41. The summed E-state index contributed by atoms with van der Waals surface area (Å²) in [4.78, 5) is 0. The second kappa shape index (κ2) is 17.1. The normalized spacial score (nSPS) is 12.8. The zero-order chi connectivity index (χ0) is 14.9. The first-order valence-corrected chi connectivity index (χ1v) is 9.60. The molecule has 0 spiro atoms. The van der Waals surface area contributed by atoms with Crippen molar-refractivity contribution in [2.24, 2.45) is 5.92 Å². The number of unbranched alkanes of at least 4 members (excludes halogenated alkanes) is 13. The van der Waals surface area contributed by atoms with Gasteiger partial charge in [0, 0.05) is 0 Å². The highest BCUT2D eigenvalue weighted by Crippen LogP contribution is 2.15. The molecule has 1 atom stereocenters. The van der Waals surface area contributed by atoms with E-state index in [1.807, 2.05) is 0 Å². The van der Waals surface area contributed by atoms with Gasteiger partial charge in [0.05, 0.1) is 0 Å². The van der Waals surface area contributed by atoms with E-state index in [1.54, 1.807) is 0 Å². The highest BCUT2D eigenvalue weighted by Gasteiger charge is 1.98. The third-order valence-electron chi connectivity index (χ3n) is 4.64. The van der Waals surface area contributed by atoms with Gasteiger partial charge in [0.15, 0.2) is 0 Å². The standard InChI is InChI=1S/C20H41/c1-4-6-7-8-9-10-11-12-13-14-15-16-17-18-19-20(3)5-2/h20H,1,4-19H2,2-3H3. The van der Waals surface area contributed by atoms with Gasteiger partial charge in [0.1, 0.15) is 0 Å². The lowest BCUT2D eigenvalue weighted by molar-refractivity contribution is 0.468. The van der Waals surface area contributed by atoms with Crippen LogP contribution >= 0.6 is 0 Å². The Morgan fingerprint density at radius 3 is 1.30 bits per heavy atom. The molecule has 0 aliphatic carbocycles. The molecule has 0 aromatic rings. The van der Waals surface area contributed by atoms with Crippen LogP contribution in [-0.4, -0.2) is 0 Å². The Morgan fingerprint density at radius 1 is 0.600 bits per heavy atom. The van der Waals surface area contributed by atoms with Crippen molar-refractivity contribution in [2.45, 2.75) is 117 Å². The number of hydrogen-bond donors (Lipinski definition) is 0. The average Bonchev–Trinajstić information content (AvgIpc) is 2.47. The van der Waals surface area contributed by atoms with Gasteiger partial charge in [-0.1, -0.05) is 124 Å². The third kappa shape index (κ3) is 16.1. The maximum atomic E-state index is 3.89. The molecule has 0 amide bonds. The van der Waals surface area contributed by atoms with E-state index in [0.717, 1.165) is 12.3 Å². The van der Waals surface area contributed by atoms with E-state index in [1.165, 1.54) is 96.3 Å². The average molecular weight is 282 g/mol. The Morgan fingerprint density at radius 2 is 0.950 bits per heavy atom. The van der Waals surface area contributed by atoms with Crippen molar-refractivity contribution in [3.8, 4) is 0 Å². The van der Waals surface area contributed by atoms with Crippen molar-refractivity contribution < 1.29 is 0 Å². The van der Waals surface area contributed by atoms with Crippen LogP contribution in [0.15, 0.2) is 0 Å². The summed E-state index contributed by atoms with van der Waals surface area (Å²) in [7, 11) is 0. The molecule has 0 saturated carbocycles. The zero-order valence-electron chi connectivity index (χ0n) is 14.6. The molecule has 0 N–H and O–H groups in total. The van der Waals surface area contributed by atoms with Crippen molar-refractivity contribution in [1.29, 1.82) is 0 Å². The van der Waals surface area contributed by atoms with Crippen LogP contribution in [0.1, 0.15) is 117 Å². The van der Waals surface area contributed by atoms with Gasteiger partial charge in [-0.15, -0.1) is 0 Å². The van der Waals surface area contributed by atoms with Crippen LogP contribution in [0.2, 0.25) is 0 Å². The maximum Gasteiger partial charge on any atom is -0.0445 e. The lowest BCUT2D eigenvalue weighted by Crippen LogP contribution is -1.91. The smallest absolute Gasteiger partial charge is 0.0445 e. The minimum atomic E-state index is 0.948. The Kier molecular flexibility index (Phi) is 17.1. The summed E-state index contributed by atoms with van der Waals surface area (Å²) in [5.74, 6) is 0.948. The minimum Gasteiger partial charge on any atom is -0.0651 e. The molecule has 1 radical (unpaired) electrons. The van der Waals surface area contributed by atoms with E-state index in [9.17, 15) is 0 Å². The lowest BCUT2D eigenvalue weighted by atomic mass is 9.99. The highest BCUT2D eigenvalue weighted by atomic mass is 14.0. The van der Waals surface area contributed by atoms with Crippen LogP contribution in [0.3, 0.4) is 0 Å². The quantitative estimate of drug-likeness (QED) is 0.254. The molecule has 1 unspecified atom stereocenters. The second-order valence-electron chi connectivity index (χ2n) is 6.75. The predicted molar refractivity (Wildman–Crippen MR) is 94.1 cm³/mol. The predicted octanol–water partition coefficient (Wildman–Crippen LogP) is 7.72. The fourth-order valence-corrected chi connectivity index (χ4v) is 2.82. The summed E-state index contributed by atoms with van der Waals surface area (Å²) in [5, 5.41) is 0. The van der Waals surface area contributed by atoms with E-state index >= 15 is 0 Å². The molecule has 0 aromatic carbocycles. The van der Waals surface area contributed by atoms with Gasteiger partial charge in [-0.25, -0.2) is 0 Å². The molecule has 0 heterocycles. The van der Waals surface area contributed by atoms with Gasteiger partial charge in [-0.05, 0) is 5.92 Å². The van der Waals surface area contributed by atoms with Crippen molar-refractivity contribution in [1.82, 2.24) is 0 Å². The van der Waals surface area contributed by atoms with Gasteiger partial charge in [0.25, 0.3) is 0 Å². The molecule has 20 heavy (non-hydrogen) atoms. The molecule has 0 rings (SSSR count). The SMILES string of the molecule is [CH2]CCCCCCCCCCCCCCCC(C)CC. The number of rotatable bonds is 16. The largest absolute Gasteiger partial charge is 0.0651 e. The first-order chi connectivity index (χ1) is 9.81. The molecule has 0 bridgehead atoms. The Balaban J connectivity index is 2.96. The van der Waals surface area contributed by atoms with Crippen molar-refractivity contribution in [3.05, 3.63) is 6.92 Å². The summed E-state index contributed by atoms with van der Waals surface area (Å²) >= 11 is 0. The molecule has 0 heteroatoms. The molecule has 0 aromatic heterocycles. The van der Waals surface area contributed by atoms with E-state index in [2.05, 4.69) is 20.8 Å². The van der Waals surface area contributed by atoms with E-state index < -0.39 is 0 Å². The summed E-state index contributed by atoms with van der Waals surface area (Å²) in [5.41, 5.74) is 0. The van der Waals surface area contributed by atoms with Crippen LogP contribution < -0.4 is 0 Å². The molecule has 0 aliphatic heterocycles. The van der Waals surface area contributed by atoms with E-state index in [0.29, 0.717) is 0 Å². The summed E-state index contributed by atoms with van der Waals surface area (Å²) in [6, 6.07) is 0. The van der Waals surface area contributed by atoms with E-state index in [-0.39, 0.29) is 0 Å². The third-order valence-corrected chi connectivity index (χ3v) is 4.64. The number of hydrogen-bond acceptors (Lipinski definition) is 0. The monoisotopic (exact) mass is 281 g/mol. The Labute approximate surface area is 130 Å². The molecule has 0 nitrogen and oxygen atoms in total. The fraction of sp³-hybridized carbons (Fsp3) is 0.950. The van der Waals surface area contributed by atoms with Gasteiger partial charge < -0.3 is 0 Å². The van der Waals surface area contributed by atoms with Gasteiger partial charge >= 0.3 is 0 Å². The van der Waals surface area contributed by atoms with Crippen LogP contribution in [-0.2, 0) is 0 Å². The molecular weight excluding hydrogens is 240 g/mol. The fourth-order valence-electron chi connectivity index (χ4n) is 2.82. The van der Waals surface area contributed by atoms with Crippen molar-refractivity contribution in [2.75, 3.05) is 0 Å². The molecule has 0 aliphatic rings. The van der Waals surface area contributed by atoms with Crippen LogP contribution in [0.4, 0.5) is 0 Å². The Bertz CT molecular complexity index is 161. The topological polar surface area (TPSA) is 0 Å². The van der Waals surface area contributed by atoms with E-state index in [4.69, 9.17) is 0 Å². The van der Waals surface area contributed by atoms with Crippen molar-refractivity contribution in [3.63, 3.8) is 0 Å². The first kappa shape index (κ1) is 20.0. The van der Waals surface area contributed by atoms with Gasteiger partial charge in [-0.2, -0.15) is 0 Å². The van der Waals surface area contributed by atoms with Crippen LogP contribution in [0.5, 0.6) is 0 Å². The second-order valence-corrected chi connectivity index (χ2v) is 6.75. The maximum absolute atomic E-state index is 3.89. The zero-order valence-corrected chi connectivity index (χ0v) is 14.6. The molecule has 0 saturated heterocycles. The van der Waals surface area contributed by atoms with Gasteiger partial charge in [-0.3, -0.25) is 0 Å². The summed E-state index contributed by atoms with van der Waals surface area (Å²) in [6.07, 6.45) is 22.8. The highest BCUT2D eigenvalue weighted by molar-refractivity contribution is 4.52. The van der Waals surface area contributed by atoms with Gasteiger partial charge in [0.2, 0.25) is 0 Å².